The van der Waals surface area contributed by atoms with E-state index >= 15 is 0 Å². The number of pyridine rings is 1. The fraction of sp³-hybridized carbons (Fsp3) is 0.304. The standard InChI is InChI=1S/C23H23N5O2S/c29-20(10-5-16-3-6-17(7-4-16)21(30)25-18-8-9-18)27-12-14-28(15-13-27)23-26-19-2-1-11-24-22(19)31-23/h1-7,10-11,18H,8-9,12-15H2,(H,25,30)/b10-5+. The lowest BCUT2D eigenvalue weighted by atomic mass is 10.1. The van der Waals surface area contributed by atoms with Gasteiger partial charge in [0, 0.05) is 50.1 Å². The molecule has 2 fully saturated rings. The molecule has 158 valence electrons. The van der Waals surface area contributed by atoms with Crippen LogP contribution in [0.3, 0.4) is 0 Å². The number of anilines is 1. The van der Waals surface area contributed by atoms with Crippen molar-refractivity contribution in [3.8, 4) is 0 Å². The Kier molecular flexibility index (Phi) is 5.38. The van der Waals surface area contributed by atoms with E-state index in [9.17, 15) is 9.59 Å². The number of nitrogens with one attached hydrogen (secondary N) is 1. The van der Waals surface area contributed by atoms with Crippen LogP contribution in [0, 0.1) is 0 Å². The molecule has 2 amide bonds. The van der Waals surface area contributed by atoms with Gasteiger partial charge in [-0.25, -0.2) is 9.97 Å². The zero-order valence-corrected chi connectivity index (χ0v) is 17.8. The molecule has 1 saturated carbocycles. The van der Waals surface area contributed by atoms with E-state index in [0.717, 1.165) is 47.0 Å². The Balaban J connectivity index is 1.15. The number of fused-ring (bicyclic) bond motifs is 1. The second-order valence-corrected chi connectivity index (χ2v) is 8.80. The normalized spacial score (nSPS) is 16.8. The van der Waals surface area contributed by atoms with Gasteiger partial charge in [-0.2, -0.15) is 0 Å². The number of piperazine rings is 1. The monoisotopic (exact) mass is 433 g/mol. The Bertz CT molecular complexity index is 1100. The Hall–Kier alpha value is -3.26. The van der Waals surface area contributed by atoms with Gasteiger partial charge in [0.2, 0.25) is 5.91 Å². The highest BCUT2D eigenvalue weighted by atomic mass is 32.1. The number of carbonyl (C=O) groups excluding carboxylic acids is 2. The van der Waals surface area contributed by atoms with Gasteiger partial charge in [0.25, 0.3) is 5.91 Å². The predicted molar refractivity (Wildman–Crippen MR) is 122 cm³/mol. The number of carbonyl (C=O) groups is 2. The van der Waals surface area contributed by atoms with Crippen molar-refractivity contribution in [3.05, 3.63) is 59.8 Å². The smallest absolute Gasteiger partial charge is 0.251 e. The van der Waals surface area contributed by atoms with Crippen LogP contribution < -0.4 is 10.2 Å². The van der Waals surface area contributed by atoms with Crippen molar-refractivity contribution in [3.63, 3.8) is 0 Å². The number of benzene rings is 1. The van der Waals surface area contributed by atoms with E-state index in [1.165, 1.54) is 0 Å². The molecule has 0 bridgehead atoms. The first-order valence-corrected chi connectivity index (χ1v) is 11.3. The maximum absolute atomic E-state index is 12.6. The molecule has 3 aromatic rings. The minimum Gasteiger partial charge on any atom is -0.349 e. The molecule has 0 unspecified atom stereocenters. The summed E-state index contributed by atoms with van der Waals surface area (Å²) in [6.45, 7) is 2.83. The minimum atomic E-state index is -0.0316. The average molecular weight is 434 g/mol. The Morgan fingerprint density at radius 3 is 2.55 bits per heavy atom. The summed E-state index contributed by atoms with van der Waals surface area (Å²) in [5.41, 5.74) is 2.47. The summed E-state index contributed by atoms with van der Waals surface area (Å²) in [4.78, 5) is 38.7. The number of hydrogen-bond acceptors (Lipinski definition) is 6. The first kappa shape index (κ1) is 19.7. The molecule has 0 spiro atoms. The van der Waals surface area contributed by atoms with Crippen LogP contribution in [0.1, 0.15) is 28.8 Å². The first-order valence-electron chi connectivity index (χ1n) is 10.5. The highest BCUT2D eigenvalue weighted by Crippen LogP contribution is 2.27. The molecule has 1 N–H and O–H groups in total. The second-order valence-electron chi connectivity index (χ2n) is 7.84. The lowest BCUT2D eigenvalue weighted by molar-refractivity contribution is -0.126. The van der Waals surface area contributed by atoms with Crippen molar-refractivity contribution in [1.29, 1.82) is 0 Å². The van der Waals surface area contributed by atoms with Gasteiger partial charge in [0.05, 0.1) is 0 Å². The van der Waals surface area contributed by atoms with E-state index in [1.807, 2.05) is 29.2 Å². The van der Waals surface area contributed by atoms with Gasteiger partial charge in [0.15, 0.2) is 5.13 Å². The molecule has 0 atom stereocenters. The molecule has 3 heterocycles. The lowest BCUT2D eigenvalue weighted by Crippen LogP contribution is -2.48. The van der Waals surface area contributed by atoms with Crippen LogP contribution in [0.5, 0.6) is 0 Å². The summed E-state index contributed by atoms with van der Waals surface area (Å²) in [5, 5.41) is 3.94. The number of aromatic nitrogens is 2. The molecular weight excluding hydrogens is 410 g/mol. The maximum Gasteiger partial charge on any atom is 0.251 e. The van der Waals surface area contributed by atoms with Crippen molar-refractivity contribution < 1.29 is 9.59 Å². The van der Waals surface area contributed by atoms with E-state index < -0.39 is 0 Å². The molecule has 0 radical (unpaired) electrons. The number of nitrogens with zero attached hydrogens (tertiary/aromatic N) is 4. The largest absolute Gasteiger partial charge is 0.349 e. The van der Waals surface area contributed by atoms with Crippen LogP contribution in [-0.4, -0.2) is 58.9 Å². The minimum absolute atomic E-state index is 0.00108. The van der Waals surface area contributed by atoms with Crippen molar-refractivity contribution in [2.45, 2.75) is 18.9 Å². The quantitative estimate of drug-likeness (QED) is 0.626. The third kappa shape index (κ3) is 4.59. The van der Waals surface area contributed by atoms with Gasteiger partial charge < -0.3 is 15.1 Å². The van der Waals surface area contributed by atoms with Crippen LogP contribution in [0.4, 0.5) is 5.13 Å². The molecule has 7 nitrogen and oxygen atoms in total. The summed E-state index contributed by atoms with van der Waals surface area (Å²) >= 11 is 1.59. The number of rotatable bonds is 5. The van der Waals surface area contributed by atoms with Crippen LogP contribution in [0.15, 0.2) is 48.7 Å². The van der Waals surface area contributed by atoms with Crippen molar-refractivity contribution in [2.24, 2.45) is 0 Å². The molecule has 8 heteroatoms. The molecule has 5 rings (SSSR count). The van der Waals surface area contributed by atoms with Crippen LogP contribution in [0.25, 0.3) is 16.4 Å². The zero-order valence-electron chi connectivity index (χ0n) is 17.0. The Morgan fingerprint density at radius 2 is 1.84 bits per heavy atom. The van der Waals surface area contributed by atoms with Gasteiger partial charge in [-0.3, -0.25) is 9.59 Å². The molecule has 31 heavy (non-hydrogen) atoms. The van der Waals surface area contributed by atoms with Crippen molar-refractivity contribution in [1.82, 2.24) is 20.2 Å². The van der Waals surface area contributed by atoms with Crippen LogP contribution in [0.2, 0.25) is 0 Å². The summed E-state index contributed by atoms with van der Waals surface area (Å²) in [6, 6.07) is 11.5. The Labute approximate surface area is 184 Å². The number of hydrogen-bond donors (Lipinski definition) is 1. The van der Waals surface area contributed by atoms with Crippen LogP contribution >= 0.6 is 11.3 Å². The van der Waals surface area contributed by atoms with E-state index in [-0.39, 0.29) is 11.8 Å². The lowest BCUT2D eigenvalue weighted by Gasteiger charge is -2.34. The third-order valence-electron chi connectivity index (χ3n) is 5.52. The number of amides is 2. The topological polar surface area (TPSA) is 78.4 Å². The van der Waals surface area contributed by atoms with Gasteiger partial charge in [0.1, 0.15) is 10.3 Å². The van der Waals surface area contributed by atoms with Gasteiger partial charge in [-0.05, 0) is 48.7 Å². The van der Waals surface area contributed by atoms with Crippen molar-refractivity contribution >= 4 is 44.7 Å². The maximum atomic E-state index is 12.6. The molecule has 1 aliphatic carbocycles. The Morgan fingerprint density at radius 1 is 1.06 bits per heavy atom. The van der Waals surface area contributed by atoms with Crippen LogP contribution in [-0.2, 0) is 4.79 Å². The van der Waals surface area contributed by atoms with Gasteiger partial charge >= 0.3 is 0 Å². The highest BCUT2D eigenvalue weighted by molar-refractivity contribution is 7.21. The van der Waals surface area contributed by atoms with E-state index in [0.29, 0.717) is 24.7 Å². The van der Waals surface area contributed by atoms with Gasteiger partial charge in [-0.1, -0.05) is 23.5 Å². The third-order valence-corrected chi connectivity index (χ3v) is 6.56. The molecule has 2 aliphatic rings. The molecule has 1 aliphatic heterocycles. The molecule has 2 aromatic heterocycles. The summed E-state index contributed by atoms with van der Waals surface area (Å²) < 4.78 is 0. The molecule has 1 aromatic carbocycles. The first-order chi connectivity index (χ1) is 15.2. The molecule has 1 saturated heterocycles. The highest BCUT2D eigenvalue weighted by Gasteiger charge is 2.24. The van der Waals surface area contributed by atoms with Gasteiger partial charge in [-0.15, -0.1) is 0 Å². The van der Waals surface area contributed by atoms with E-state index in [1.54, 1.807) is 41.8 Å². The number of thiazole rings is 1. The van der Waals surface area contributed by atoms with E-state index in [4.69, 9.17) is 0 Å². The van der Waals surface area contributed by atoms with Crippen molar-refractivity contribution in [2.75, 3.05) is 31.1 Å². The summed E-state index contributed by atoms with van der Waals surface area (Å²) in [6.07, 6.45) is 7.33. The zero-order chi connectivity index (χ0) is 21.2. The molecular formula is C23H23N5O2S. The SMILES string of the molecule is O=C(NC1CC1)c1ccc(/C=C/C(=O)N2CCN(c3nc4cccnc4s3)CC2)cc1. The fourth-order valence-corrected chi connectivity index (χ4v) is 4.49. The second kappa shape index (κ2) is 8.47. The van der Waals surface area contributed by atoms with E-state index in [2.05, 4.69) is 20.2 Å². The summed E-state index contributed by atoms with van der Waals surface area (Å²) in [5.74, 6) is -0.0305. The predicted octanol–water partition coefficient (Wildman–Crippen LogP) is 2.95. The summed E-state index contributed by atoms with van der Waals surface area (Å²) in [7, 11) is 0. The fourth-order valence-electron chi connectivity index (χ4n) is 3.53. The average Bonchev–Trinajstić information content (AvgIpc) is 3.52.